The molecule has 7 nitrogen and oxygen atoms in total. The Morgan fingerprint density at radius 2 is 1.65 bits per heavy atom. The third-order valence-electron chi connectivity index (χ3n) is 6.48. The summed E-state index contributed by atoms with van der Waals surface area (Å²) in [6, 6.07) is 15.9. The zero-order chi connectivity index (χ0) is 24.5. The Bertz CT molecular complexity index is 954. The third-order valence-corrected chi connectivity index (χ3v) is 6.48. The summed E-state index contributed by atoms with van der Waals surface area (Å²) < 4.78 is 5.16. The number of hydrogen-bond donors (Lipinski definition) is 2. The van der Waals surface area contributed by atoms with E-state index in [9.17, 15) is 14.4 Å². The molecule has 2 aromatic carbocycles. The number of piperidine rings is 1. The first-order chi connectivity index (χ1) is 16.4. The molecule has 3 rings (SSSR count). The first-order valence-corrected chi connectivity index (χ1v) is 12.0. The fraction of sp³-hybridized carbons (Fsp3) is 0.444. The van der Waals surface area contributed by atoms with Crippen LogP contribution in [0.5, 0.6) is 5.75 Å². The fourth-order valence-electron chi connectivity index (χ4n) is 4.16. The van der Waals surface area contributed by atoms with Crippen LogP contribution in [0.25, 0.3) is 0 Å². The lowest BCUT2D eigenvalue weighted by Gasteiger charge is -2.36. The molecule has 0 unspecified atom stereocenters. The summed E-state index contributed by atoms with van der Waals surface area (Å²) in [4.78, 5) is 40.6. The number of methoxy groups -OCH3 is 1. The summed E-state index contributed by atoms with van der Waals surface area (Å²) in [7, 11) is 1.57. The van der Waals surface area contributed by atoms with Crippen LogP contribution in [0.2, 0.25) is 0 Å². The molecule has 0 spiro atoms. The van der Waals surface area contributed by atoms with Gasteiger partial charge in [-0.2, -0.15) is 0 Å². The maximum Gasteiger partial charge on any atom is 0.251 e. The monoisotopic (exact) mass is 465 g/mol. The van der Waals surface area contributed by atoms with Crippen molar-refractivity contribution in [1.29, 1.82) is 0 Å². The molecule has 34 heavy (non-hydrogen) atoms. The SMILES string of the molecule is CC[C@H](C)NC(=O)[C@@H](NC(=O)c1ccc(OC)cc1)C1CCN(C(=O)Cc2ccccc2)CC1. The number of carbonyl (C=O) groups excluding carboxylic acids is 3. The van der Waals surface area contributed by atoms with Gasteiger partial charge in [0.2, 0.25) is 11.8 Å². The predicted molar refractivity (Wildman–Crippen MR) is 132 cm³/mol. The molecular formula is C27H35N3O4. The Morgan fingerprint density at radius 3 is 2.24 bits per heavy atom. The summed E-state index contributed by atoms with van der Waals surface area (Å²) in [6.45, 7) is 5.10. The average molecular weight is 466 g/mol. The number of carbonyl (C=O) groups is 3. The van der Waals surface area contributed by atoms with Crippen molar-refractivity contribution in [3.05, 3.63) is 65.7 Å². The highest BCUT2D eigenvalue weighted by Crippen LogP contribution is 2.23. The lowest BCUT2D eigenvalue weighted by Crippen LogP contribution is -2.55. The van der Waals surface area contributed by atoms with Crippen molar-refractivity contribution in [3.8, 4) is 5.75 Å². The molecule has 3 amide bonds. The van der Waals surface area contributed by atoms with E-state index in [1.165, 1.54) is 0 Å². The zero-order valence-corrected chi connectivity index (χ0v) is 20.3. The van der Waals surface area contributed by atoms with Crippen LogP contribution in [-0.2, 0) is 16.0 Å². The van der Waals surface area contributed by atoms with Crippen molar-refractivity contribution in [1.82, 2.24) is 15.5 Å². The van der Waals surface area contributed by atoms with E-state index < -0.39 is 6.04 Å². The Labute approximate surface area is 201 Å². The van der Waals surface area contributed by atoms with Gasteiger partial charge in [0.1, 0.15) is 11.8 Å². The van der Waals surface area contributed by atoms with Crippen LogP contribution in [0, 0.1) is 5.92 Å². The molecule has 2 aromatic rings. The molecule has 0 saturated carbocycles. The molecular weight excluding hydrogens is 430 g/mol. The maximum atomic E-state index is 13.1. The van der Waals surface area contributed by atoms with E-state index in [0.29, 0.717) is 43.7 Å². The van der Waals surface area contributed by atoms with Crippen LogP contribution < -0.4 is 15.4 Å². The van der Waals surface area contributed by atoms with E-state index in [2.05, 4.69) is 10.6 Å². The second kappa shape index (κ2) is 12.2. The average Bonchev–Trinajstić information content (AvgIpc) is 2.87. The molecule has 2 atom stereocenters. The second-order valence-electron chi connectivity index (χ2n) is 8.88. The van der Waals surface area contributed by atoms with E-state index >= 15 is 0 Å². The van der Waals surface area contributed by atoms with Gasteiger partial charge in [-0.15, -0.1) is 0 Å². The summed E-state index contributed by atoms with van der Waals surface area (Å²) in [5.41, 5.74) is 1.46. The Kier molecular flexibility index (Phi) is 9.08. The van der Waals surface area contributed by atoms with E-state index in [4.69, 9.17) is 4.74 Å². The fourth-order valence-corrected chi connectivity index (χ4v) is 4.16. The molecule has 1 aliphatic heterocycles. The molecule has 0 aliphatic carbocycles. The van der Waals surface area contributed by atoms with E-state index in [0.717, 1.165) is 12.0 Å². The van der Waals surface area contributed by atoms with Crippen LogP contribution in [0.15, 0.2) is 54.6 Å². The predicted octanol–water partition coefficient (Wildman–Crippen LogP) is 3.19. The molecule has 2 N–H and O–H groups in total. The largest absolute Gasteiger partial charge is 0.497 e. The van der Waals surface area contributed by atoms with Crippen molar-refractivity contribution in [2.75, 3.05) is 20.2 Å². The van der Waals surface area contributed by atoms with Crippen molar-refractivity contribution >= 4 is 17.7 Å². The number of amides is 3. The van der Waals surface area contributed by atoms with Crippen molar-refractivity contribution in [2.45, 2.75) is 51.6 Å². The topological polar surface area (TPSA) is 87.7 Å². The van der Waals surface area contributed by atoms with E-state index in [1.54, 1.807) is 31.4 Å². The first-order valence-electron chi connectivity index (χ1n) is 12.0. The Morgan fingerprint density at radius 1 is 1.00 bits per heavy atom. The van der Waals surface area contributed by atoms with Gasteiger partial charge in [-0.3, -0.25) is 14.4 Å². The molecule has 182 valence electrons. The number of ether oxygens (including phenoxy) is 1. The minimum Gasteiger partial charge on any atom is -0.497 e. The number of likely N-dealkylation sites (tertiary alicyclic amines) is 1. The van der Waals surface area contributed by atoms with Crippen LogP contribution in [0.4, 0.5) is 0 Å². The molecule has 0 radical (unpaired) electrons. The van der Waals surface area contributed by atoms with Crippen LogP contribution in [0.3, 0.4) is 0 Å². The second-order valence-corrected chi connectivity index (χ2v) is 8.88. The minimum absolute atomic E-state index is 0.0143. The number of rotatable bonds is 9. The summed E-state index contributed by atoms with van der Waals surface area (Å²) >= 11 is 0. The number of nitrogens with zero attached hydrogens (tertiary/aromatic N) is 1. The summed E-state index contributed by atoms with van der Waals surface area (Å²) in [6.07, 6.45) is 2.49. The minimum atomic E-state index is -0.657. The van der Waals surface area contributed by atoms with E-state index in [1.807, 2.05) is 49.1 Å². The smallest absolute Gasteiger partial charge is 0.251 e. The van der Waals surface area contributed by atoms with Crippen LogP contribution in [0.1, 0.15) is 49.0 Å². The number of hydrogen-bond acceptors (Lipinski definition) is 4. The maximum absolute atomic E-state index is 13.1. The van der Waals surface area contributed by atoms with Gasteiger partial charge < -0.3 is 20.3 Å². The zero-order valence-electron chi connectivity index (χ0n) is 20.3. The number of benzene rings is 2. The van der Waals surface area contributed by atoms with Crippen molar-refractivity contribution < 1.29 is 19.1 Å². The van der Waals surface area contributed by atoms with Crippen molar-refractivity contribution in [2.24, 2.45) is 5.92 Å². The van der Waals surface area contributed by atoms with Gasteiger partial charge in [0.15, 0.2) is 0 Å². The summed E-state index contributed by atoms with van der Waals surface area (Å²) in [5, 5.41) is 5.97. The quantitative estimate of drug-likeness (QED) is 0.595. The van der Waals surface area contributed by atoms with Gasteiger partial charge in [-0.25, -0.2) is 0 Å². The first kappa shape index (κ1) is 25.3. The molecule has 1 fully saturated rings. The van der Waals surface area contributed by atoms with Gasteiger partial charge >= 0.3 is 0 Å². The standard InChI is InChI=1S/C27H35N3O4/c1-4-19(2)28-27(33)25(29-26(32)22-10-12-23(34-3)13-11-22)21-14-16-30(17-15-21)24(31)18-20-8-6-5-7-9-20/h5-13,19,21,25H,4,14-18H2,1-3H3,(H,28,33)(H,29,32)/t19-,25-/m0/s1. The normalized spacial score (nSPS) is 15.8. The molecule has 7 heteroatoms. The van der Waals surface area contributed by atoms with Gasteiger partial charge in [-0.1, -0.05) is 37.3 Å². The van der Waals surface area contributed by atoms with Crippen LogP contribution in [-0.4, -0.2) is 54.9 Å². The molecule has 0 aromatic heterocycles. The van der Waals surface area contributed by atoms with Gasteiger partial charge in [0, 0.05) is 24.7 Å². The van der Waals surface area contributed by atoms with Gasteiger partial charge in [-0.05, 0) is 61.9 Å². The Balaban J connectivity index is 1.65. The van der Waals surface area contributed by atoms with Crippen LogP contribution >= 0.6 is 0 Å². The molecule has 1 aliphatic rings. The highest BCUT2D eigenvalue weighted by Gasteiger charge is 2.34. The highest BCUT2D eigenvalue weighted by atomic mass is 16.5. The third kappa shape index (κ3) is 6.83. The van der Waals surface area contributed by atoms with E-state index in [-0.39, 0.29) is 29.7 Å². The molecule has 1 saturated heterocycles. The number of nitrogens with one attached hydrogen (secondary N) is 2. The Hall–Kier alpha value is -3.35. The van der Waals surface area contributed by atoms with Gasteiger partial charge in [0.05, 0.1) is 13.5 Å². The summed E-state index contributed by atoms with van der Waals surface area (Å²) in [5.74, 6) is 0.231. The molecule has 1 heterocycles. The highest BCUT2D eigenvalue weighted by molar-refractivity contribution is 5.97. The lowest BCUT2D eigenvalue weighted by molar-refractivity contribution is -0.132. The lowest BCUT2D eigenvalue weighted by atomic mass is 9.88. The van der Waals surface area contributed by atoms with Gasteiger partial charge in [0.25, 0.3) is 5.91 Å². The molecule has 0 bridgehead atoms. The van der Waals surface area contributed by atoms with Crippen molar-refractivity contribution in [3.63, 3.8) is 0 Å².